The number of carbonyl (C=O) groups excluding carboxylic acids is 1. The molecular weight excluding hydrogens is 348 g/mol. The summed E-state index contributed by atoms with van der Waals surface area (Å²) in [5.41, 5.74) is 5.24. The average molecular weight is 391 g/mol. The molecule has 0 N–H and O–H groups in total. The summed E-state index contributed by atoms with van der Waals surface area (Å²) in [4.78, 5) is 13.0. The first-order valence-corrected chi connectivity index (χ1v) is 12.8. The van der Waals surface area contributed by atoms with Crippen molar-refractivity contribution in [1.29, 1.82) is 0 Å². The second-order valence-corrected chi connectivity index (χ2v) is 14.9. The third kappa shape index (κ3) is 5.69. The largest absolute Gasteiger partial charge is 0.518 e. The van der Waals surface area contributed by atoms with Gasteiger partial charge in [0.15, 0.2) is 0 Å². The van der Waals surface area contributed by atoms with Gasteiger partial charge in [0.25, 0.3) is 14.3 Å². The highest BCUT2D eigenvalue weighted by Gasteiger charge is 2.48. The third-order valence-electron chi connectivity index (χ3n) is 6.48. The van der Waals surface area contributed by atoms with Gasteiger partial charge in [0.1, 0.15) is 0 Å². The van der Waals surface area contributed by atoms with E-state index in [1.165, 1.54) is 16.7 Å². The Morgan fingerprint density at radius 1 is 1.19 bits per heavy atom. The first kappa shape index (κ1) is 23.9. The molecule has 1 rings (SSSR count). The average Bonchev–Trinajstić information content (AvgIpc) is 2.56. The van der Waals surface area contributed by atoms with E-state index in [1.807, 2.05) is 6.92 Å². The minimum Gasteiger partial charge on any atom is -0.518 e. The third-order valence-corrected chi connectivity index (χ3v) is 12.5. The highest BCUT2D eigenvalue weighted by atomic mass is 28.4. The Morgan fingerprint density at radius 2 is 1.70 bits per heavy atom. The highest BCUT2D eigenvalue weighted by molar-refractivity contribution is 6.78. The molecule has 27 heavy (non-hydrogen) atoms. The molecule has 0 unspecified atom stereocenters. The lowest BCUT2D eigenvalue weighted by atomic mass is 9.82. The molecule has 154 valence electrons. The van der Waals surface area contributed by atoms with Crippen molar-refractivity contribution in [2.45, 2.75) is 98.2 Å². The van der Waals surface area contributed by atoms with Crippen LogP contribution in [-0.4, -0.2) is 14.3 Å². The van der Waals surface area contributed by atoms with Crippen molar-refractivity contribution >= 4 is 14.3 Å². The standard InChI is InChI=1S/C24H42O2Si/c1-16(2)22-13-11-20(9)23(15-22)14-12-21(10)24(25)26-27(17(3)4,18(5)6)19(7)8/h11,14,17-19,21-22H,1,12-13,15H2,2-10H3/b23-14+/t21-,22+/m0/s1. The summed E-state index contributed by atoms with van der Waals surface area (Å²) >= 11 is 0. The minimum absolute atomic E-state index is 0.0106. The van der Waals surface area contributed by atoms with Gasteiger partial charge in [-0.3, -0.25) is 4.79 Å². The van der Waals surface area contributed by atoms with Gasteiger partial charge in [-0.15, -0.1) is 0 Å². The van der Waals surface area contributed by atoms with Crippen LogP contribution in [0.15, 0.2) is 35.5 Å². The van der Waals surface area contributed by atoms with Crippen molar-refractivity contribution in [2.75, 3.05) is 0 Å². The van der Waals surface area contributed by atoms with Gasteiger partial charge < -0.3 is 4.43 Å². The van der Waals surface area contributed by atoms with Gasteiger partial charge in [-0.05, 0) is 61.2 Å². The predicted octanol–water partition coefficient (Wildman–Crippen LogP) is 7.59. The Kier molecular flexibility index (Phi) is 8.79. The van der Waals surface area contributed by atoms with E-state index in [1.54, 1.807) is 0 Å². The lowest BCUT2D eigenvalue weighted by Crippen LogP contribution is -2.50. The summed E-state index contributed by atoms with van der Waals surface area (Å²) in [5.74, 6) is 0.423. The van der Waals surface area contributed by atoms with Gasteiger partial charge >= 0.3 is 0 Å². The van der Waals surface area contributed by atoms with Crippen molar-refractivity contribution in [3.05, 3.63) is 35.5 Å². The van der Waals surface area contributed by atoms with Gasteiger partial charge in [0.05, 0.1) is 5.92 Å². The molecule has 0 aliphatic heterocycles. The van der Waals surface area contributed by atoms with Crippen molar-refractivity contribution in [3.63, 3.8) is 0 Å². The number of hydrogen-bond acceptors (Lipinski definition) is 2. The monoisotopic (exact) mass is 390 g/mol. The van der Waals surface area contributed by atoms with Gasteiger partial charge in [0, 0.05) is 0 Å². The molecule has 0 heterocycles. The van der Waals surface area contributed by atoms with E-state index in [0.717, 1.165) is 19.3 Å². The molecule has 0 spiro atoms. The SMILES string of the molecule is C=C(C)[C@@H]1CC=C(C)/C(=C/C[C@H](C)C(=O)O[Si](C(C)C)(C(C)C)C(C)C)C1. The van der Waals surface area contributed by atoms with Crippen molar-refractivity contribution in [1.82, 2.24) is 0 Å². The van der Waals surface area contributed by atoms with Gasteiger partial charge in [-0.1, -0.05) is 78.3 Å². The van der Waals surface area contributed by atoms with Crippen LogP contribution in [0.4, 0.5) is 0 Å². The zero-order chi connectivity index (χ0) is 20.9. The van der Waals surface area contributed by atoms with E-state index in [2.05, 4.69) is 74.1 Å². The van der Waals surface area contributed by atoms with Crippen LogP contribution >= 0.6 is 0 Å². The Morgan fingerprint density at radius 3 is 2.15 bits per heavy atom. The molecule has 0 saturated heterocycles. The Bertz CT molecular complexity index is 574. The molecular formula is C24H42O2Si. The number of hydrogen-bond donors (Lipinski definition) is 0. The Balaban J connectivity index is 2.88. The molecule has 0 radical (unpaired) electrons. The summed E-state index contributed by atoms with van der Waals surface area (Å²) < 4.78 is 6.35. The molecule has 0 aromatic heterocycles. The van der Waals surface area contributed by atoms with Gasteiger partial charge in [-0.2, -0.15) is 0 Å². The van der Waals surface area contributed by atoms with E-state index < -0.39 is 8.32 Å². The summed E-state index contributed by atoms with van der Waals surface area (Å²) in [6, 6.07) is 0. The van der Waals surface area contributed by atoms with Crippen LogP contribution in [-0.2, 0) is 9.22 Å². The molecule has 0 saturated carbocycles. The van der Waals surface area contributed by atoms with Crippen molar-refractivity contribution in [3.8, 4) is 0 Å². The van der Waals surface area contributed by atoms with E-state index >= 15 is 0 Å². The zero-order valence-electron chi connectivity index (χ0n) is 19.2. The summed E-state index contributed by atoms with van der Waals surface area (Å²) in [5, 5.41) is 0. The number of allylic oxidation sites excluding steroid dienone is 5. The molecule has 2 atom stereocenters. The fourth-order valence-corrected chi connectivity index (χ4v) is 9.88. The fraction of sp³-hybridized carbons (Fsp3) is 0.708. The van der Waals surface area contributed by atoms with E-state index in [9.17, 15) is 4.79 Å². The normalized spacial score (nSPS) is 21.0. The molecule has 0 aromatic carbocycles. The summed E-state index contributed by atoms with van der Waals surface area (Å²) in [7, 11) is -2.15. The second kappa shape index (κ2) is 9.91. The molecule has 3 heteroatoms. The van der Waals surface area contributed by atoms with E-state index in [4.69, 9.17) is 4.43 Å². The maximum Gasteiger partial charge on any atom is 0.295 e. The highest BCUT2D eigenvalue weighted by Crippen LogP contribution is 2.43. The summed E-state index contributed by atoms with van der Waals surface area (Å²) in [6.07, 6.45) is 7.45. The fourth-order valence-electron chi connectivity index (χ4n) is 4.62. The minimum atomic E-state index is -2.15. The molecule has 1 aliphatic rings. The van der Waals surface area contributed by atoms with Crippen LogP contribution < -0.4 is 0 Å². The molecule has 2 nitrogen and oxygen atoms in total. The molecule has 0 bridgehead atoms. The van der Waals surface area contributed by atoms with Gasteiger partial charge in [0.2, 0.25) is 0 Å². The lowest BCUT2D eigenvalue weighted by molar-refractivity contribution is -0.139. The molecule has 0 aromatic rings. The van der Waals surface area contributed by atoms with Crippen LogP contribution in [0.1, 0.15) is 81.6 Å². The molecule has 0 amide bonds. The van der Waals surface area contributed by atoms with Crippen LogP contribution in [0, 0.1) is 11.8 Å². The predicted molar refractivity (Wildman–Crippen MR) is 120 cm³/mol. The Labute approximate surface area is 169 Å². The van der Waals surface area contributed by atoms with Crippen LogP contribution in [0.2, 0.25) is 16.6 Å². The van der Waals surface area contributed by atoms with E-state index in [-0.39, 0.29) is 11.9 Å². The zero-order valence-corrected chi connectivity index (χ0v) is 20.2. The number of rotatable bonds is 8. The topological polar surface area (TPSA) is 26.3 Å². The van der Waals surface area contributed by atoms with Crippen LogP contribution in [0.5, 0.6) is 0 Å². The summed E-state index contributed by atoms with van der Waals surface area (Å²) in [6.45, 7) is 23.8. The number of carbonyl (C=O) groups is 1. The van der Waals surface area contributed by atoms with Crippen molar-refractivity contribution in [2.24, 2.45) is 11.8 Å². The first-order valence-electron chi connectivity index (χ1n) is 10.7. The first-order chi connectivity index (χ1) is 12.4. The van der Waals surface area contributed by atoms with Crippen LogP contribution in [0.25, 0.3) is 0 Å². The molecule has 0 fully saturated rings. The van der Waals surface area contributed by atoms with Gasteiger partial charge in [-0.25, -0.2) is 0 Å². The second-order valence-electron chi connectivity index (χ2n) is 9.48. The van der Waals surface area contributed by atoms with Crippen molar-refractivity contribution < 1.29 is 9.22 Å². The Hall–Kier alpha value is -1.09. The quantitative estimate of drug-likeness (QED) is 0.315. The maximum absolute atomic E-state index is 13.0. The maximum atomic E-state index is 13.0. The van der Waals surface area contributed by atoms with Crippen LogP contribution in [0.3, 0.4) is 0 Å². The van der Waals surface area contributed by atoms with E-state index in [0.29, 0.717) is 22.5 Å². The smallest absolute Gasteiger partial charge is 0.295 e. The lowest BCUT2D eigenvalue weighted by Gasteiger charge is -2.41. The molecule has 1 aliphatic carbocycles.